The Kier molecular flexibility index (Phi) is 5.05. The highest BCUT2D eigenvalue weighted by Gasteiger charge is 2.33. The molecule has 1 atom stereocenters. The smallest absolute Gasteiger partial charge is 0.319 e. The van der Waals surface area contributed by atoms with E-state index in [0.29, 0.717) is 24.4 Å². The second-order valence-corrected chi connectivity index (χ2v) is 6.57. The Bertz CT molecular complexity index is 593. The SMILES string of the molecule is CCN(CC)C(=O)C1=C(C)NC(=O)N[C@H]1c1cc(Br)cs1. The van der Waals surface area contributed by atoms with Gasteiger partial charge in [-0.25, -0.2) is 4.79 Å². The molecule has 0 radical (unpaired) electrons. The van der Waals surface area contributed by atoms with E-state index in [2.05, 4.69) is 26.6 Å². The van der Waals surface area contributed by atoms with E-state index in [9.17, 15) is 9.59 Å². The topological polar surface area (TPSA) is 61.4 Å². The maximum absolute atomic E-state index is 12.7. The van der Waals surface area contributed by atoms with E-state index in [0.717, 1.165) is 9.35 Å². The molecular formula is C14H18BrN3O2S. The first kappa shape index (κ1) is 16.0. The van der Waals surface area contributed by atoms with Crippen LogP contribution in [0.3, 0.4) is 0 Å². The molecule has 5 nitrogen and oxygen atoms in total. The van der Waals surface area contributed by atoms with Gasteiger partial charge in [0.05, 0.1) is 11.6 Å². The van der Waals surface area contributed by atoms with Crippen LogP contribution in [0.15, 0.2) is 27.2 Å². The molecule has 0 unspecified atom stereocenters. The van der Waals surface area contributed by atoms with Gasteiger partial charge in [0.2, 0.25) is 0 Å². The number of rotatable bonds is 4. The number of likely N-dealkylation sites (N-methyl/N-ethyl adjacent to an activating group) is 1. The number of halogens is 1. The van der Waals surface area contributed by atoms with Crippen LogP contribution in [0.4, 0.5) is 4.79 Å². The largest absolute Gasteiger partial charge is 0.339 e. The maximum Gasteiger partial charge on any atom is 0.319 e. The third-order valence-electron chi connectivity index (χ3n) is 3.42. The van der Waals surface area contributed by atoms with E-state index in [-0.39, 0.29) is 11.9 Å². The molecule has 7 heteroatoms. The van der Waals surface area contributed by atoms with Gasteiger partial charge in [-0.15, -0.1) is 11.3 Å². The minimum Gasteiger partial charge on any atom is -0.339 e. The molecule has 2 rings (SSSR count). The van der Waals surface area contributed by atoms with Gasteiger partial charge in [0, 0.05) is 33.5 Å². The van der Waals surface area contributed by atoms with E-state index in [1.54, 1.807) is 11.8 Å². The van der Waals surface area contributed by atoms with Crippen LogP contribution in [0.2, 0.25) is 0 Å². The van der Waals surface area contributed by atoms with Crippen LogP contribution in [0.25, 0.3) is 0 Å². The first-order valence-electron chi connectivity index (χ1n) is 6.79. The van der Waals surface area contributed by atoms with Crippen molar-refractivity contribution in [3.05, 3.63) is 32.1 Å². The molecule has 1 aliphatic heterocycles. The lowest BCUT2D eigenvalue weighted by atomic mass is 10.00. The zero-order chi connectivity index (χ0) is 15.6. The Morgan fingerprint density at radius 1 is 1.43 bits per heavy atom. The molecule has 3 amide bonds. The lowest BCUT2D eigenvalue weighted by molar-refractivity contribution is -0.127. The normalized spacial score (nSPS) is 18.3. The number of hydrogen-bond donors (Lipinski definition) is 2. The first-order chi connectivity index (χ1) is 9.97. The van der Waals surface area contributed by atoms with Crippen LogP contribution < -0.4 is 10.6 Å². The van der Waals surface area contributed by atoms with Gasteiger partial charge in [0.1, 0.15) is 0 Å². The van der Waals surface area contributed by atoms with Crippen molar-refractivity contribution in [3.63, 3.8) is 0 Å². The first-order valence-corrected chi connectivity index (χ1v) is 8.46. The van der Waals surface area contributed by atoms with Crippen LogP contribution in [0, 0.1) is 0 Å². The standard InChI is InChI=1S/C14H18BrN3O2S/c1-4-18(5-2)13(19)11-8(3)16-14(20)17-12(11)10-6-9(15)7-21-10/h6-7,12H,4-5H2,1-3H3,(H2,16,17,20)/t12-/m0/s1. The van der Waals surface area contributed by atoms with E-state index < -0.39 is 6.04 Å². The average Bonchev–Trinajstić information content (AvgIpc) is 2.85. The number of urea groups is 1. The van der Waals surface area contributed by atoms with Crippen molar-refractivity contribution in [1.29, 1.82) is 0 Å². The van der Waals surface area contributed by atoms with E-state index in [4.69, 9.17) is 0 Å². The molecule has 2 heterocycles. The summed E-state index contributed by atoms with van der Waals surface area (Å²) in [6.45, 7) is 6.94. The van der Waals surface area contributed by atoms with Gasteiger partial charge < -0.3 is 15.5 Å². The fourth-order valence-corrected chi connectivity index (χ4v) is 3.85. The predicted molar refractivity (Wildman–Crippen MR) is 87.1 cm³/mol. The molecule has 0 fully saturated rings. The van der Waals surface area contributed by atoms with Crippen molar-refractivity contribution in [2.24, 2.45) is 0 Å². The number of allylic oxidation sites excluding steroid dienone is 1. The fraction of sp³-hybridized carbons (Fsp3) is 0.429. The van der Waals surface area contributed by atoms with Gasteiger partial charge in [-0.05, 0) is 42.8 Å². The molecule has 1 aromatic heterocycles. The highest BCUT2D eigenvalue weighted by atomic mass is 79.9. The molecule has 1 aromatic rings. The van der Waals surface area contributed by atoms with Crippen LogP contribution in [0.1, 0.15) is 31.7 Å². The van der Waals surface area contributed by atoms with Crippen molar-refractivity contribution >= 4 is 39.2 Å². The lowest BCUT2D eigenvalue weighted by Crippen LogP contribution is -2.47. The van der Waals surface area contributed by atoms with Crippen molar-refractivity contribution in [2.45, 2.75) is 26.8 Å². The minimum absolute atomic E-state index is 0.0421. The number of nitrogens with zero attached hydrogens (tertiary/aromatic N) is 1. The van der Waals surface area contributed by atoms with E-state index in [1.165, 1.54) is 11.3 Å². The van der Waals surface area contributed by atoms with Gasteiger partial charge in [-0.1, -0.05) is 0 Å². The van der Waals surface area contributed by atoms with E-state index in [1.807, 2.05) is 25.3 Å². The van der Waals surface area contributed by atoms with Crippen molar-refractivity contribution in [2.75, 3.05) is 13.1 Å². The third-order valence-corrected chi connectivity index (χ3v) is 5.18. The number of carbonyl (C=O) groups is 2. The molecule has 0 aromatic carbocycles. The number of nitrogens with one attached hydrogen (secondary N) is 2. The lowest BCUT2D eigenvalue weighted by Gasteiger charge is -2.30. The summed E-state index contributed by atoms with van der Waals surface area (Å²) in [7, 11) is 0. The Balaban J connectivity index is 2.43. The Hall–Kier alpha value is -1.34. The Morgan fingerprint density at radius 2 is 2.10 bits per heavy atom. The molecule has 0 saturated heterocycles. The second kappa shape index (κ2) is 6.62. The highest BCUT2D eigenvalue weighted by Crippen LogP contribution is 2.33. The molecule has 1 aliphatic rings. The summed E-state index contributed by atoms with van der Waals surface area (Å²) >= 11 is 4.93. The third kappa shape index (κ3) is 3.29. The summed E-state index contributed by atoms with van der Waals surface area (Å²) in [4.78, 5) is 27.2. The Morgan fingerprint density at radius 3 is 2.62 bits per heavy atom. The summed E-state index contributed by atoms with van der Waals surface area (Å²) in [5.41, 5.74) is 1.22. The van der Waals surface area contributed by atoms with Gasteiger partial charge in [-0.2, -0.15) is 0 Å². The van der Waals surface area contributed by atoms with Gasteiger partial charge in [0.25, 0.3) is 5.91 Å². The monoisotopic (exact) mass is 371 g/mol. The molecule has 0 aliphatic carbocycles. The summed E-state index contributed by atoms with van der Waals surface area (Å²) in [6, 6.07) is 1.25. The van der Waals surface area contributed by atoms with Gasteiger partial charge in [0.15, 0.2) is 0 Å². The number of carbonyl (C=O) groups excluding carboxylic acids is 2. The fourth-order valence-electron chi connectivity index (χ4n) is 2.35. The van der Waals surface area contributed by atoms with Crippen LogP contribution in [-0.4, -0.2) is 29.9 Å². The predicted octanol–water partition coefficient (Wildman–Crippen LogP) is 3.01. The van der Waals surface area contributed by atoms with Gasteiger partial charge in [-0.3, -0.25) is 4.79 Å². The summed E-state index contributed by atoms with van der Waals surface area (Å²) in [6.07, 6.45) is 0. The quantitative estimate of drug-likeness (QED) is 0.854. The summed E-state index contributed by atoms with van der Waals surface area (Å²) < 4.78 is 0.947. The molecule has 114 valence electrons. The van der Waals surface area contributed by atoms with Crippen molar-refractivity contribution in [1.82, 2.24) is 15.5 Å². The molecule has 21 heavy (non-hydrogen) atoms. The number of thiophene rings is 1. The molecule has 2 N–H and O–H groups in total. The van der Waals surface area contributed by atoms with Crippen molar-refractivity contribution in [3.8, 4) is 0 Å². The maximum atomic E-state index is 12.7. The van der Waals surface area contributed by atoms with Crippen LogP contribution in [0.5, 0.6) is 0 Å². The molecular weight excluding hydrogens is 354 g/mol. The van der Waals surface area contributed by atoms with Crippen LogP contribution >= 0.6 is 27.3 Å². The Labute approximate surface area is 136 Å². The number of amides is 3. The molecule has 0 saturated carbocycles. The highest BCUT2D eigenvalue weighted by molar-refractivity contribution is 9.10. The average molecular weight is 372 g/mol. The van der Waals surface area contributed by atoms with Gasteiger partial charge >= 0.3 is 6.03 Å². The summed E-state index contributed by atoms with van der Waals surface area (Å²) in [5.74, 6) is -0.0421. The van der Waals surface area contributed by atoms with Crippen LogP contribution in [-0.2, 0) is 4.79 Å². The summed E-state index contributed by atoms with van der Waals surface area (Å²) in [5, 5.41) is 7.48. The molecule has 0 spiro atoms. The molecule has 0 bridgehead atoms. The zero-order valence-corrected chi connectivity index (χ0v) is 14.6. The zero-order valence-electron chi connectivity index (χ0n) is 12.2. The van der Waals surface area contributed by atoms with Crippen molar-refractivity contribution < 1.29 is 9.59 Å². The number of hydrogen-bond acceptors (Lipinski definition) is 3. The van der Waals surface area contributed by atoms with E-state index >= 15 is 0 Å². The minimum atomic E-state index is -0.400. The second-order valence-electron chi connectivity index (χ2n) is 4.71.